The third-order valence-electron chi connectivity index (χ3n) is 7.14. The van der Waals surface area contributed by atoms with Crippen LogP contribution in [0.2, 0.25) is 5.02 Å². The van der Waals surface area contributed by atoms with E-state index in [4.69, 9.17) is 21.6 Å². The molecule has 3 aromatic carbocycles. The second-order valence-electron chi connectivity index (χ2n) is 8.77. The van der Waals surface area contributed by atoms with E-state index in [2.05, 4.69) is 71.6 Å². The molecule has 2 aliphatic heterocycles. The molecular weight excluding hydrogens is 404 g/mol. The number of piperidine rings is 1. The molecule has 0 N–H and O–H groups in total. The Labute approximate surface area is 188 Å². The summed E-state index contributed by atoms with van der Waals surface area (Å²) in [6.07, 6.45) is 3.68. The van der Waals surface area contributed by atoms with E-state index >= 15 is 0 Å². The average molecular weight is 429 g/mol. The van der Waals surface area contributed by atoms with Crippen LogP contribution >= 0.6 is 11.6 Å². The number of rotatable bonds is 3. The Balaban J connectivity index is 1.57. The molecule has 1 saturated heterocycles. The highest BCUT2D eigenvalue weighted by atomic mass is 35.5. The van der Waals surface area contributed by atoms with E-state index in [1.165, 1.54) is 36.0 Å². The lowest BCUT2D eigenvalue weighted by Crippen LogP contribution is -2.52. The fourth-order valence-corrected chi connectivity index (χ4v) is 5.95. The molecule has 6 rings (SSSR count). The molecule has 31 heavy (non-hydrogen) atoms. The first-order valence-corrected chi connectivity index (χ1v) is 11.6. The average Bonchev–Trinajstić information content (AvgIpc) is 3.35. The molecule has 0 spiro atoms. The minimum Gasteiger partial charge on any atom is -0.367 e. The number of benzene rings is 3. The third-order valence-corrected chi connectivity index (χ3v) is 7.39. The first-order chi connectivity index (χ1) is 15.3. The lowest BCUT2D eigenvalue weighted by Gasteiger charge is -2.42. The summed E-state index contributed by atoms with van der Waals surface area (Å²) in [5, 5.41) is 5.51. The largest absolute Gasteiger partial charge is 0.367 e. The molecule has 0 amide bonds. The smallest absolute Gasteiger partial charge is 0.226 e. The first-order valence-electron chi connectivity index (χ1n) is 11.2. The zero-order valence-electron chi connectivity index (χ0n) is 17.4. The van der Waals surface area contributed by atoms with Crippen molar-refractivity contribution in [1.82, 2.24) is 4.90 Å². The van der Waals surface area contributed by atoms with Gasteiger partial charge in [-0.05, 0) is 41.7 Å². The molecule has 0 radical (unpaired) electrons. The van der Waals surface area contributed by atoms with Crippen molar-refractivity contribution >= 4 is 17.3 Å². The fraction of sp³-hybridized carbons (Fsp3) is 0.296. The van der Waals surface area contributed by atoms with Crippen LogP contribution in [0.3, 0.4) is 0 Å². The summed E-state index contributed by atoms with van der Waals surface area (Å²) < 4.78 is 0. The highest BCUT2D eigenvalue weighted by Gasteiger charge is 2.63. The summed E-state index contributed by atoms with van der Waals surface area (Å²) in [5.74, 6) is 0.280. The number of hydrogen-bond acceptors (Lipinski definition) is 3. The van der Waals surface area contributed by atoms with Crippen LogP contribution in [-0.4, -0.2) is 23.7 Å². The molecule has 3 nitrogen and oxygen atoms in total. The summed E-state index contributed by atoms with van der Waals surface area (Å²) in [4.78, 5) is 9.11. The van der Waals surface area contributed by atoms with Gasteiger partial charge in [-0.1, -0.05) is 89.9 Å². The Morgan fingerprint density at radius 1 is 0.839 bits per heavy atom. The fourth-order valence-electron chi connectivity index (χ4n) is 5.83. The summed E-state index contributed by atoms with van der Waals surface area (Å²) in [6, 6.07) is 27.7. The van der Waals surface area contributed by atoms with Gasteiger partial charge >= 0.3 is 0 Å². The van der Waals surface area contributed by atoms with Crippen molar-refractivity contribution in [3.8, 4) is 0 Å². The Morgan fingerprint density at radius 2 is 1.55 bits per heavy atom. The third kappa shape index (κ3) is 2.87. The van der Waals surface area contributed by atoms with Crippen LogP contribution in [0.5, 0.6) is 0 Å². The van der Waals surface area contributed by atoms with Gasteiger partial charge in [0.1, 0.15) is 0 Å². The Bertz CT molecular complexity index is 1120. The molecule has 156 valence electrons. The number of oxime groups is 1. The van der Waals surface area contributed by atoms with Gasteiger partial charge < -0.3 is 4.84 Å². The van der Waals surface area contributed by atoms with Gasteiger partial charge in [0, 0.05) is 29.6 Å². The van der Waals surface area contributed by atoms with E-state index in [1.54, 1.807) is 0 Å². The van der Waals surface area contributed by atoms with Crippen LogP contribution in [0.25, 0.3) is 0 Å². The minimum absolute atomic E-state index is 0.0894. The SMILES string of the molecule is Clc1ccc(C2=NO[C@@]3(N4CCCCC4)c4ccccc4[C@H](c4ccccc4)[C@@H]23)cc1. The van der Waals surface area contributed by atoms with Crippen LogP contribution in [-0.2, 0) is 10.6 Å². The second kappa shape index (κ2) is 7.51. The zero-order chi connectivity index (χ0) is 20.8. The molecule has 1 fully saturated rings. The second-order valence-corrected chi connectivity index (χ2v) is 9.21. The number of nitrogens with zero attached hydrogens (tertiary/aromatic N) is 2. The molecule has 3 aromatic rings. The first kappa shape index (κ1) is 19.1. The highest BCUT2D eigenvalue weighted by molar-refractivity contribution is 6.30. The molecule has 3 aliphatic rings. The van der Waals surface area contributed by atoms with Crippen molar-refractivity contribution in [2.24, 2.45) is 11.1 Å². The van der Waals surface area contributed by atoms with Gasteiger partial charge in [0.2, 0.25) is 5.72 Å². The maximum absolute atomic E-state index is 6.56. The molecule has 0 unspecified atom stereocenters. The Kier molecular flexibility index (Phi) is 4.62. The molecular formula is C27H25ClN2O. The van der Waals surface area contributed by atoms with E-state index in [0.29, 0.717) is 0 Å². The minimum atomic E-state index is -0.549. The van der Waals surface area contributed by atoms with Crippen LogP contribution in [0.4, 0.5) is 0 Å². The maximum Gasteiger partial charge on any atom is 0.226 e. The number of likely N-dealkylation sites (tertiary alicyclic amines) is 1. The predicted molar refractivity (Wildman–Crippen MR) is 124 cm³/mol. The van der Waals surface area contributed by atoms with Crippen molar-refractivity contribution in [1.29, 1.82) is 0 Å². The quantitative estimate of drug-likeness (QED) is 0.498. The summed E-state index contributed by atoms with van der Waals surface area (Å²) in [5.41, 5.74) is 5.49. The Hall–Kier alpha value is -2.62. The molecule has 3 atom stereocenters. The van der Waals surface area contributed by atoms with Crippen LogP contribution in [0.15, 0.2) is 84.0 Å². The van der Waals surface area contributed by atoms with Gasteiger partial charge in [0.15, 0.2) is 0 Å². The summed E-state index contributed by atoms with van der Waals surface area (Å²) in [6.45, 7) is 2.07. The van der Waals surface area contributed by atoms with Crippen LogP contribution in [0, 0.1) is 5.92 Å². The van der Waals surface area contributed by atoms with E-state index in [1.807, 2.05) is 12.1 Å². The lowest BCUT2D eigenvalue weighted by atomic mass is 9.78. The normalized spacial score (nSPS) is 27.3. The molecule has 0 aromatic heterocycles. The van der Waals surface area contributed by atoms with Gasteiger partial charge in [0.05, 0.1) is 11.6 Å². The topological polar surface area (TPSA) is 24.8 Å². The number of halogens is 1. The van der Waals surface area contributed by atoms with Crippen LogP contribution in [0.1, 0.15) is 47.4 Å². The van der Waals surface area contributed by atoms with E-state index in [-0.39, 0.29) is 11.8 Å². The highest BCUT2D eigenvalue weighted by Crippen LogP contribution is 2.59. The van der Waals surface area contributed by atoms with Gasteiger partial charge in [-0.3, -0.25) is 4.90 Å². The molecule has 4 heteroatoms. The van der Waals surface area contributed by atoms with Gasteiger partial charge in [0.25, 0.3) is 0 Å². The van der Waals surface area contributed by atoms with E-state index in [0.717, 1.165) is 29.4 Å². The van der Waals surface area contributed by atoms with Crippen molar-refractivity contribution in [2.45, 2.75) is 30.9 Å². The zero-order valence-corrected chi connectivity index (χ0v) is 18.1. The molecule has 0 bridgehead atoms. The molecule has 2 heterocycles. The lowest BCUT2D eigenvalue weighted by molar-refractivity contribution is -0.169. The molecule has 0 saturated carbocycles. The van der Waals surface area contributed by atoms with Crippen molar-refractivity contribution in [2.75, 3.05) is 13.1 Å². The van der Waals surface area contributed by atoms with Gasteiger partial charge in [-0.2, -0.15) is 0 Å². The van der Waals surface area contributed by atoms with Gasteiger partial charge in [-0.25, -0.2) is 0 Å². The Morgan fingerprint density at radius 3 is 2.32 bits per heavy atom. The molecule has 1 aliphatic carbocycles. The monoisotopic (exact) mass is 428 g/mol. The number of hydrogen-bond donors (Lipinski definition) is 0. The van der Waals surface area contributed by atoms with Gasteiger partial charge in [-0.15, -0.1) is 0 Å². The van der Waals surface area contributed by atoms with Crippen molar-refractivity contribution in [3.05, 3.63) is 106 Å². The maximum atomic E-state index is 6.56. The number of fused-ring (bicyclic) bond motifs is 3. The summed E-state index contributed by atoms with van der Waals surface area (Å²) in [7, 11) is 0. The van der Waals surface area contributed by atoms with Crippen LogP contribution < -0.4 is 0 Å². The van der Waals surface area contributed by atoms with E-state index < -0.39 is 5.72 Å². The standard InChI is InChI=1S/C27H25ClN2O/c28-21-15-13-20(14-16-21)26-25-24(19-9-3-1-4-10-19)22-11-5-6-12-23(22)27(25,31-29-26)30-17-7-2-8-18-30/h1,3-6,9-16,24-25H,2,7-8,17-18H2/t24-,25-,27-/m0/s1. The van der Waals surface area contributed by atoms with Crippen molar-refractivity contribution < 1.29 is 4.84 Å². The van der Waals surface area contributed by atoms with Crippen molar-refractivity contribution in [3.63, 3.8) is 0 Å². The summed E-state index contributed by atoms with van der Waals surface area (Å²) >= 11 is 6.20. The van der Waals surface area contributed by atoms with E-state index in [9.17, 15) is 0 Å². The predicted octanol–water partition coefficient (Wildman–Crippen LogP) is 6.17.